The van der Waals surface area contributed by atoms with Crippen molar-refractivity contribution in [2.45, 2.75) is 37.1 Å². The molecule has 0 bridgehead atoms. The highest BCUT2D eigenvalue weighted by Gasteiger charge is 2.34. The number of fused-ring (bicyclic) bond motifs is 1. The summed E-state index contributed by atoms with van der Waals surface area (Å²) in [6.07, 6.45) is -5.05. The SMILES string of the molecule is CC1(C)Oc2ccc(NC(=O)CCNS(=O)(=O)c3ccc(Cl)c(C(F)(F)F)c3)cc2O1. The van der Waals surface area contributed by atoms with Crippen LogP contribution in [0, 0.1) is 0 Å². The summed E-state index contributed by atoms with van der Waals surface area (Å²) in [7, 11) is -4.27. The number of hydrogen-bond acceptors (Lipinski definition) is 5. The Morgan fingerprint density at radius 1 is 1.10 bits per heavy atom. The summed E-state index contributed by atoms with van der Waals surface area (Å²) in [6, 6.07) is 7.04. The number of halogens is 4. The van der Waals surface area contributed by atoms with Crippen LogP contribution in [0.25, 0.3) is 0 Å². The first-order valence-corrected chi connectivity index (χ1v) is 10.8. The van der Waals surface area contributed by atoms with Gasteiger partial charge in [0.2, 0.25) is 21.7 Å². The van der Waals surface area contributed by atoms with Crippen molar-refractivity contribution < 1.29 is 35.9 Å². The molecule has 0 aliphatic carbocycles. The van der Waals surface area contributed by atoms with Gasteiger partial charge in [0.15, 0.2) is 11.5 Å². The molecule has 0 atom stereocenters. The molecule has 0 fully saturated rings. The van der Waals surface area contributed by atoms with Gasteiger partial charge in [-0.05, 0) is 30.3 Å². The number of ether oxygens (including phenoxy) is 2. The lowest BCUT2D eigenvalue weighted by atomic mass is 10.2. The number of benzene rings is 2. The Morgan fingerprint density at radius 3 is 2.45 bits per heavy atom. The van der Waals surface area contributed by atoms with Crippen LogP contribution in [0.2, 0.25) is 5.02 Å². The normalized spacial score (nSPS) is 15.0. The van der Waals surface area contributed by atoms with Gasteiger partial charge in [0.05, 0.1) is 15.5 Å². The van der Waals surface area contributed by atoms with Crippen LogP contribution in [0.15, 0.2) is 41.3 Å². The van der Waals surface area contributed by atoms with Crippen LogP contribution in [-0.2, 0) is 21.0 Å². The maximum absolute atomic E-state index is 12.9. The number of anilines is 1. The molecule has 0 spiro atoms. The Morgan fingerprint density at radius 2 is 1.77 bits per heavy atom. The minimum atomic E-state index is -4.80. The summed E-state index contributed by atoms with van der Waals surface area (Å²) in [5.74, 6) is -0.353. The Kier molecular flexibility index (Phi) is 6.14. The van der Waals surface area contributed by atoms with E-state index in [1.165, 1.54) is 0 Å². The molecular weight excluding hydrogens is 461 g/mol. The molecule has 1 aliphatic rings. The lowest BCUT2D eigenvalue weighted by molar-refractivity contribution is -0.137. The number of hydrogen-bond donors (Lipinski definition) is 2. The van der Waals surface area contributed by atoms with Gasteiger partial charge < -0.3 is 14.8 Å². The van der Waals surface area contributed by atoms with E-state index >= 15 is 0 Å². The molecule has 168 valence electrons. The van der Waals surface area contributed by atoms with Crippen molar-refractivity contribution in [3.63, 3.8) is 0 Å². The summed E-state index contributed by atoms with van der Waals surface area (Å²) < 4.78 is 76.6. The minimum Gasteiger partial charge on any atom is -0.449 e. The predicted octanol–water partition coefficient (Wildman–Crippen LogP) is 4.17. The van der Waals surface area contributed by atoms with E-state index in [4.69, 9.17) is 21.1 Å². The van der Waals surface area contributed by atoms with Crippen molar-refractivity contribution in [2.24, 2.45) is 0 Å². The highest BCUT2D eigenvalue weighted by atomic mass is 35.5. The number of alkyl halides is 3. The number of sulfonamides is 1. The van der Waals surface area contributed by atoms with E-state index in [1.807, 2.05) is 0 Å². The molecule has 2 N–H and O–H groups in total. The van der Waals surface area contributed by atoms with E-state index < -0.39 is 43.4 Å². The number of amides is 1. The van der Waals surface area contributed by atoms with Crippen molar-refractivity contribution in [1.82, 2.24) is 4.72 Å². The van der Waals surface area contributed by atoms with Gasteiger partial charge in [-0.25, -0.2) is 13.1 Å². The average Bonchev–Trinajstić information content (AvgIpc) is 2.93. The quantitative estimate of drug-likeness (QED) is 0.650. The van der Waals surface area contributed by atoms with Crippen molar-refractivity contribution in [3.8, 4) is 11.5 Å². The lowest BCUT2D eigenvalue weighted by Gasteiger charge is -2.16. The summed E-state index contributed by atoms with van der Waals surface area (Å²) in [6.45, 7) is 3.14. The number of rotatable bonds is 6. The molecular formula is C19H18ClF3N2O5S. The molecule has 3 rings (SSSR count). The van der Waals surface area contributed by atoms with Crippen LogP contribution >= 0.6 is 11.6 Å². The van der Waals surface area contributed by atoms with E-state index in [0.717, 1.165) is 12.1 Å². The molecule has 7 nitrogen and oxygen atoms in total. The monoisotopic (exact) mass is 478 g/mol. The van der Waals surface area contributed by atoms with Gasteiger partial charge in [-0.1, -0.05) is 11.6 Å². The molecule has 2 aromatic rings. The van der Waals surface area contributed by atoms with E-state index in [0.29, 0.717) is 23.3 Å². The summed E-state index contributed by atoms with van der Waals surface area (Å²) in [5.41, 5.74) is -0.846. The molecule has 0 saturated heterocycles. The third-order valence-corrected chi connectivity index (χ3v) is 5.92. The molecule has 1 amide bonds. The third kappa shape index (κ3) is 5.60. The van der Waals surface area contributed by atoms with Gasteiger partial charge in [0, 0.05) is 38.6 Å². The third-order valence-electron chi connectivity index (χ3n) is 4.14. The largest absolute Gasteiger partial charge is 0.449 e. The second kappa shape index (κ2) is 8.21. The maximum atomic E-state index is 12.9. The first-order valence-electron chi connectivity index (χ1n) is 8.95. The van der Waals surface area contributed by atoms with Gasteiger partial charge in [-0.3, -0.25) is 4.79 Å². The molecule has 31 heavy (non-hydrogen) atoms. The summed E-state index contributed by atoms with van der Waals surface area (Å²) >= 11 is 5.50. The van der Waals surface area contributed by atoms with Crippen molar-refractivity contribution >= 4 is 33.2 Å². The Bertz CT molecular complexity index is 1120. The van der Waals surface area contributed by atoms with Crippen LogP contribution in [-0.4, -0.2) is 26.7 Å². The zero-order valence-corrected chi connectivity index (χ0v) is 17.9. The van der Waals surface area contributed by atoms with Gasteiger partial charge in [0.25, 0.3) is 0 Å². The Hall–Kier alpha value is -2.50. The Labute approximate surface area is 181 Å². The van der Waals surface area contributed by atoms with Crippen molar-refractivity contribution in [2.75, 3.05) is 11.9 Å². The fraction of sp³-hybridized carbons (Fsp3) is 0.316. The fourth-order valence-corrected chi connectivity index (χ4v) is 4.08. The average molecular weight is 479 g/mol. The van der Waals surface area contributed by atoms with Gasteiger partial charge in [0.1, 0.15) is 0 Å². The molecule has 1 heterocycles. The second-order valence-corrected chi connectivity index (χ2v) is 9.27. The summed E-state index contributed by atoms with van der Waals surface area (Å²) in [5, 5.41) is 1.97. The predicted molar refractivity (Wildman–Crippen MR) is 107 cm³/mol. The maximum Gasteiger partial charge on any atom is 0.417 e. The van der Waals surface area contributed by atoms with Gasteiger partial charge in [-0.2, -0.15) is 13.2 Å². The molecule has 0 radical (unpaired) electrons. The molecule has 0 aromatic heterocycles. The zero-order chi connectivity index (χ0) is 23.0. The number of nitrogens with one attached hydrogen (secondary N) is 2. The van der Waals surface area contributed by atoms with Gasteiger partial charge in [-0.15, -0.1) is 0 Å². The van der Waals surface area contributed by atoms with Crippen LogP contribution in [0.4, 0.5) is 18.9 Å². The van der Waals surface area contributed by atoms with Crippen LogP contribution in [0.3, 0.4) is 0 Å². The molecule has 0 saturated carbocycles. The minimum absolute atomic E-state index is 0.251. The smallest absolute Gasteiger partial charge is 0.417 e. The van der Waals surface area contributed by atoms with E-state index in [9.17, 15) is 26.4 Å². The highest BCUT2D eigenvalue weighted by Crippen LogP contribution is 2.40. The molecule has 0 unspecified atom stereocenters. The highest BCUT2D eigenvalue weighted by molar-refractivity contribution is 7.89. The number of carbonyl (C=O) groups excluding carboxylic acids is 1. The zero-order valence-electron chi connectivity index (χ0n) is 16.3. The molecule has 12 heteroatoms. The topological polar surface area (TPSA) is 93.7 Å². The number of carbonyl (C=O) groups is 1. The molecule has 1 aliphatic heterocycles. The fourth-order valence-electron chi connectivity index (χ4n) is 2.79. The van der Waals surface area contributed by atoms with Crippen molar-refractivity contribution in [1.29, 1.82) is 0 Å². The van der Waals surface area contributed by atoms with E-state index in [-0.39, 0.29) is 13.0 Å². The second-order valence-electron chi connectivity index (χ2n) is 7.10. The summed E-state index contributed by atoms with van der Waals surface area (Å²) in [4.78, 5) is 11.5. The van der Waals surface area contributed by atoms with Crippen molar-refractivity contribution in [3.05, 3.63) is 47.0 Å². The lowest BCUT2D eigenvalue weighted by Crippen LogP contribution is -2.29. The molecule has 2 aromatic carbocycles. The van der Waals surface area contributed by atoms with E-state index in [1.54, 1.807) is 32.0 Å². The first kappa shape index (κ1) is 23.2. The van der Waals surface area contributed by atoms with Crippen LogP contribution in [0.5, 0.6) is 11.5 Å². The van der Waals surface area contributed by atoms with E-state index in [2.05, 4.69) is 10.0 Å². The van der Waals surface area contributed by atoms with Gasteiger partial charge >= 0.3 is 6.18 Å². The van der Waals surface area contributed by atoms with Crippen LogP contribution in [0.1, 0.15) is 25.8 Å². The Balaban J connectivity index is 1.58. The van der Waals surface area contributed by atoms with Crippen LogP contribution < -0.4 is 19.5 Å². The standard InChI is InChI=1S/C19H18ClF3N2O5S/c1-18(2)29-15-6-3-11(9-16(15)30-18)25-17(26)7-8-24-31(27,28)12-4-5-14(20)13(10-12)19(21,22)23/h3-6,9-10,24H,7-8H2,1-2H3,(H,25,26). The first-order chi connectivity index (χ1) is 14.3.